The third kappa shape index (κ3) is 5.54. The van der Waals surface area contributed by atoms with Crippen LogP contribution < -0.4 is 5.32 Å². The van der Waals surface area contributed by atoms with Gasteiger partial charge in [0.2, 0.25) is 0 Å². The summed E-state index contributed by atoms with van der Waals surface area (Å²) in [5.41, 5.74) is 1.24. The summed E-state index contributed by atoms with van der Waals surface area (Å²) in [7, 11) is 0. The number of nitrogens with zero attached hydrogens (tertiary/aromatic N) is 1. The van der Waals surface area contributed by atoms with Crippen molar-refractivity contribution in [2.75, 3.05) is 18.8 Å². The number of likely N-dealkylation sites (N-methyl/N-ethyl adjacent to an activating group) is 1. The molecule has 1 aromatic heterocycles. The van der Waals surface area contributed by atoms with Gasteiger partial charge in [-0.3, -0.25) is 0 Å². The van der Waals surface area contributed by atoms with Crippen LogP contribution in [0, 0.1) is 0 Å². The lowest BCUT2D eigenvalue weighted by molar-refractivity contribution is 0.709. The molecule has 1 rings (SSSR count). The van der Waals surface area contributed by atoms with Crippen LogP contribution in [-0.4, -0.2) is 23.8 Å². The average molecular weight is 244 g/mol. The van der Waals surface area contributed by atoms with Crippen LogP contribution >= 0.6 is 23.1 Å². The van der Waals surface area contributed by atoms with E-state index >= 15 is 0 Å². The summed E-state index contributed by atoms with van der Waals surface area (Å²) >= 11 is 3.78. The highest BCUT2D eigenvalue weighted by Crippen LogP contribution is 2.17. The maximum atomic E-state index is 4.61. The number of rotatable bonds is 8. The highest BCUT2D eigenvalue weighted by molar-refractivity contribution is 7.98. The van der Waals surface area contributed by atoms with E-state index in [2.05, 4.69) is 29.5 Å². The summed E-state index contributed by atoms with van der Waals surface area (Å²) in [4.78, 5) is 4.61. The molecule has 0 unspecified atom stereocenters. The Morgan fingerprint density at radius 2 is 2.33 bits per heavy atom. The van der Waals surface area contributed by atoms with Crippen molar-refractivity contribution in [1.29, 1.82) is 0 Å². The third-order valence-electron chi connectivity index (χ3n) is 1.98. The van der Waals surface area contributed by atoms with Crippen LogP contribution in [0.15, 0.2) is 5.38 Å². The minimum Gasteiger partial charge on any atom is -0.317 e. The number of nitrogens with one attached hydrogen (secondary N) is 1. The van der Waals surface area contributed by atoms with Crippen molar-refractivity contribution in [2.45, 2.75) is 32.4 Å². The lowest BCUT2D eigenvalue weighted by atomic mass is 10.3. The van der Waals surface area contributed by atoms with Crippen LogP contribution in [0.25, 0.3) is 0 Å². The molecule has 0 fully saturated rings. The minimum absolute atomic E-state index is 1.04. The molecule has 0 bridgehead atoms. The fourth-order valence-electron chi connectivity index (χ4n) is 1.23. The van der Waals surface area contributed by atoms with Crippen LogP contribution in [0.1, 0.15) is 31.0 Å². The van der Waals surface area contributed by atoms with Gasteiger partial charge in [-0.25, -0.2) is 4.98 Å². The van der Waals surface area contributed by atoms with Gasteiger partial charge in [0.05, 0.1) is 5.69 Å². The standard InChI is InChI=1S/C11H20N2S2/c1-3-7-14-9-11-13-10(8-15-11)5-6-12-4-2/h8,12H,3-7,9H2,1-2H3. The maximum absolute atomic E-state index is 4.61. The highest BCUT2D eigenvalue weighted by atomic mass is 32.2. The zero-order chi connectivity index (χ0) is 10.9. The van der Waals surface area contributed by atoms with Crippen LogP contribution in [0.3, 0.4) is 0 Å². The first kappa shape index (κ1) is 13.0. The van der Waals surface area contributed by atoms with Crippen LogP contribution in [0.2, 0.25) is 0 Å². The molecule has 0 aliphatic heterocycles. The van der Waals surface area contributed by atoms with Gasteiger partial charge in [0.1, 0.15) is 5.01 Å². The van der Waals surface area contributed by atoms with Crippen LogP contribution in [-0.2, 0) is 12.2 Å². The quantitative estimate of drug-likeness (QED) is 0.712. The van der Waals surface area contributed by atoms with E-state index in [9.17, 15) is 0 Å². The van der Waals surface area contributed by atoms with Crippen molar-refractivity contribution in [3.63, 3.8) is 0 Å². The summed E-state index contributed by atoms with van der Waals surface area (Å²) in [6, 6.07) is 0. The maximum Gasteiger partial charge on any atom is 0.103 e. The molecule has 0 saturated carbocycles. The van der Waals surface area contributed by atoms with Crippen LogP contribution in [0.5, 0.6) is 0 Å². The molecule has 0 aromatic carbocycles. The predicted octanol–water partition coefficient (Wildman–Crippen LogP) is 2.94. The molecule has 4 heteroatoms. The molecule has 0 atom stereocenters. The molecular weight excluding hydrogens is 224 g/mol. The van der Waals surface area contributed by atoms with Crippen LogP contribution in [0.4, 0.5) is 0 Å². The third-order valence-corrected chi connectivity index (χ3v) is 4.24. The second-order valence-corrected chi connectivity index (χ2v) is 5.44. The zero-order valence-electron chi connectivity index (χ0n) is 9.58. The molecule has 0 aliphatic carbocycles. The Hall–Kier alpha value is -0.0600. The topological polar surface area (TPSA) is 24.9 Å². The normalized spacial score (nSPS) is 10.8. The van der Waals surface area contributed by atoms with Crippen molar-refractivity contribution in [3.8, 4) is 0 Å². The average Bonchev–Trinajstić information content (AvgIpc) is 2.67. The lowest BCUT2D eigenvalue weighted by Gasteiger charge is -1.97. The summed E-state index contributed by atoms with van der Waals surface area (Å²) in [5, 5.41) is 6.79. The Bertz CT molecular complexity index is 236. The highest BCUT2D eigenvalue weighted by Gasteiger charge is 2.01. The second kappa shape index (κ2) is 8.13. The Labute approximate surface area is 101 Å². The van der Waals surface area contributed by atoms with E-state index < -0.39 is 0 Å². The van der Waals surface area contributed by atoms with Gasteiger partial charge in [-0.05, 0) is 18.7 Å². The van der Waals surface area contributed by atoms with Crippen molar-refractivity contribution in [3.05, 3.63) is 16.1 Å². The van der Waals surface area contributed by atoms with Gasteiger partial charge in [0, 0.05) is 24.1 Å². The molecule has 15 heavy (non-hydrogen) atoms. The molecule has 1 aromatic rings. The van der Waals surface area contributed by atoms with Gasteiger partial charge in [-0.2, -0.15) is 11.8 Å². The number of thiazole rings is 1. The molecular formula is C11H20N2S2. The van der Waals surface area contributed by atoms with E-state index in [0.29, 0.717) is 0 Å². The monoisotopic (exact) mass is 244 g/mol. The van der Waals surface area contributed by atoms with Gasteiger partial charge in [0.15, 0.2) is 0 Å². The van der Waals surface area contributed by atoms with Gasteiger partial charge >= 0.3 is 0 Å². The summed E-state index contributed by atoms with van der Waals surface area (Å²) in [5.74, 6) is 2.33. The molecule has 2 nitrogen and oxygen atoms in total. The Balaban J connectivity index is 2.23. The number of hydrogen-bond donors (Lipinski definition) is 1. The largest absolute Gasteiger partial charge is 0.317 e. The number of aromatic nitrogens is 1. The summed E-state index contributed by atoms with van der Waals surface area (Å²) in [6.45, 7) is 6.44. The summed E-state index contributed by atoms with van der Waals surface area (Å²) < 4.78 is 0. The van der Waals surface area contributed by atoms with E-state index in [0.717, 1.165) is 25.3 Å². The first-order valence-corrected chi connectivity index (χ1v) is 7.62. The van der Waals surface area contributed by atoms with Crippen molar-refractivity contribution in [2.24, 2.45) is 0 Å². The van der Waals surface area contributed by atoms with Crippen molar-refractivity contribution < 1.29 is 0 Å². The summed E-state index contributed by atoms with van der Waals surface area (Å²) in [6.07, 6.45) is 2.31. The number of thioether (sulfide) groups is 1. The Kier molecular flexibility index (Phi) is 7.05. The SMILES string of the molecule is CCCSCc1nc(CCNCC)cs1. The molecule has 0 saturated heterocycles. The van der Waals surface area contributed by atoms with E-state index in [1.54, 1.807) is 11.3 Å². The predicted molar refractivity (Wildman–Crippen MR) is 70.8 cm³/mol. The first-order valence-electron chi connectivity index (χ1n) is 5.58. The number of hydrogen-bond acceptors (Lipinski definition) is 4. The lowest BCUT2D eigenvalue weighted by Crippen LogP contribution is -2.16. The molecule has 0 amide bonds. The molecule has 0 spiro atoms. The zero-order valence-corrected chi connectivity index (χ0v) is 11.2. The van der Waals surface area contributed by atoms with E-state index in [-0.39, 0.29) is 0 Å². The van der Waals surface area contributed by atoms with Gasteiger partial charge < -0.3 is 5.32 Å². The van der Waals surface area contributed by atoms with E-state index in [4.69, 9.17) is 0 Å². The van der Waals surface area contributed by atoms with E-state index in [1.807, 2.05) is 11.8 Å². The van der Waals surface area contributed by atoms with E-state index in [1.165, 1.54) is 22.9 Å². The van der Waals surface area contributed by atoms with Crippen molar-refractivity contribution in [1.82, 2.24) is 10.3 Å². The minimum atomic E-state index is 1.04. The molecule has 0 radical (unpaired) electrons. The second-order valence-electron chi connectivity index (χ2n) is 3.39. The fourth-order valence-corrected chi connectivity index (χ4v) is 3.03. The smallest absolute Gasteiger partial charge is 0.103 e. The van der Waals surface area contributed by atoms with Crippen molar-refractivity contribution >= 4 is 23.1 Å². The Morgan fingerprint density at radius 3 is 3.07 bits per heavy atom. The van der Waals surface area contributed by atoms with Gasteiger partial charge in [-0.15, -0.1) is 11.3 Å². The molecule has 86 valence electrons. The van der Waals surface area contributed by atoms with Gasteiger partial charge in [0.25, 0.3) is 0 Å². The van der Waals surface area contributed by atoms with Gasteiger partial charge in [-0.1, -0.05) is 13.8 Å². The molecule has 0 aliphatic rings. The molecule has 1 N–H and O–H groups in total. The molecule has 1 heterocycles. The first-order chi connectivity index (χ1) is 7.36. The Morgan fingerprint density at radius 1 is 1.47 bits per heavy atom. The fraction of sp³-hybridized carbons (Fsp3) is 0.727.